The van der Waals surface area contributed by atoms with Crippen molar-refractivity contribution in [2.45, 2.75) is 22.8 Å². The maximum Gasteiger partial charge on any atom is 0.244 e. The summed E-state index contributed by atoms with van der Waals surface area (Å²) in [4.78, 5) is 18.3. The first-order valence-electron chi connectivity index (χ1n) is 8.02. The lowest BCUT2D eigenvalue weighted by atomic mass is 10.4. The van der Waals surface area contributed by atoms with E-state index >= 15 is 0 Å². The van der Waals surface area contributed by atoms with Crippen LogP contribution in [0.25, 0.3) is 0 Å². The lowest BCUT2D eigenvalue weighted by Gasteiger charge is -2.26. The Morgan fingerprint density at radius 1 is 1.17 bits per heavy atom. The molecule has 2 saturated heterocycles. The van der Waals surface area contributed by atoms with Crippen molar-refractivity contribution in [3.63, 3.8) is 0 Å². The van der Waals surface area contributed by atoms with Crippen LogP contribution in [0.1, 0.15) is 12.8 Å². The first-order valence-corrected chi connectivity index (χ1v) is 10.4. The van der Waals surface area contributed by atoms with E-state index < -0.39 is 10.0 Å². The quantitative estimate of drug-likeness (QED) is 0.713. The average Bonchev–Trinajstić information content (AvgIpc) is 3.16. The van der Waals surface area contributed by atoms with Crippen LogP contribution in [0.4, 0.5) is 0 Å². The van der Waals surface area contributed by atoms with Gasteiger partial charge in [0.1, 0.15) is 4.90 Å². The Balaban J connectivity index is 1.57. The highest BCUT2D eigenvalue weighted by Gasteiger charge is 2.27. The van der Waals surface area contributed by atoms with E-state index in [4.69, 9.17) is 4.74 Å². The summed E-state index contributed by atoms with van der Waals surface area (Å²) in [7, 11) is -3.43. The summed E-state index contributed by atoms with van der Waals surface area (Å²) < 4.78 is 31.6. The second-order valence-electron chi connectivity index (χ2n) is 5.73. The van der Waals surface area contributed by atoms with Crippen LogP contribution in [0.2, 0.25) is 0 Å². The predicted molar refractivity (Wildman–Crippen MR) is 90.4 cm³/mol. The lowest BCUT2D eigenvalue weighted by Crippen LogP contribution is -2.41. The van der Waals surface area contributed by atoms with Gasteiger partial charge in [-0.3, -0.25) is 4.79 Å². The van der Waals surface area contributed by atoms with E-state index in [9.17, 15) is 13.2 Å². The Bertz CT molecular complexity index is 666. The van der Waals surface area contributed by atoms with E-state index in [0.29, 0.717) is 50.2 Å². The molecule has 2 aliphatic heterocycles. The smallest absolute Gasteiger partial charge is 0.244 e. The van der Waals surface area contributed by atoms with Gasteiger partial charge in [-0.15, -0.1) is 0 Å². The normalized spacial score (nSPS) is 19.6. The van der Waals surface area contributed by atoms with Gasteiger partial charge < -0.3 is 9.64 Å². The van der Waals surface area contributed by atoms with E-state index in [0.717, 1.165) is 12.8 Å². The summed E-state index contributed by atoms with van der Waals surface area (Å²) in [6.45, 7) is 3.56. The number of amides is 1. The number of pyridine rings is 1. The molecule has 1 amide bonds. The summed E-state index contributed by atoms with van der Waals surface area (Å²) >= 11 is 1.32. The average molecular weight is 371 g/mol. The number of sulfonamides is 1. The lowest BCUT2D eigenvalue weighted by molar-refractivity contribution is -0.132. The third kappa shape index (κ3) is 4.08. The van der Waals surface area contributed by atoms with Gasteiger partial charge in [-0.05, 0) is 25.0 Å². The summed E-state index contributed by atoms with van der Waals surface area (Å²) in [5, 5.41) is 0.650. The van der Waals surface area contributed by atoms with Crippen LogP contribution in [0.5, 0.6) is 0 Å². The molecule has 132 valence electrons. The van der Waals surface area contributed by atoms with Gasteiger partial charge in [0.05, 0.1) is 24.0 Å². The maximum atomic E-state index is 12.4. The van der Waals surface area contributed by atoms with Crippen LogP contribution >= 0.6 is 11.8 Å². The number of thioether (sulfide) groups is 1. The van der Waals surface area contributed by atoms with Gasteiger partial charge in [0.25, 0.3) is 0 Å². The van der Waals surface area contributed by atoms with Gasteiger partial charge in [-0.25, -0.2) is 13.4 Å². The van der Waals surface area contributed by atoms with Crippen molar-refractivity contribution in [1.29, 1.82) is 0 Å². The molecular formula is C15H21N3O4S2. The monoisotopic (exact) mass is 371 g/mol. The molecule has 0 atom stereocenters. The predicted octanol–water partition coefficient (Wildman–Crippen LogP) is 0.817. The molecule has 3 rings (SSSR count). The summed E-state index contributed by atoms with van der Waals surface area (Å²) in [6, 6.07) is 3.24. The Labute approximate surface area is 146 Å². The zero-order valence-electron chi connectivity index (χ0n) is 13.4. The molecule has 9 heteroatoms. The van der Waals surface area contributed by atoms with Gasteiger partial charge in [0.15, 0.2) is 0 Å². The van der Waals surface area contributed by atoms with Crippen LogP contribution in [0.3, 0.4) is 0 Å². The fraction of sp³-hybridized carbons (Fsp3) is 0.600. The minimum atomic E-state index is -3.43. The topological polar surface area (TPSA) is 79.8 Å². The summed E-state index contributed by atoms with van der Waals surface area (Å²) in [5.41, 5.74) is 0. The number of hydrogen-bond acceptors (Lipinski definition) is 6. The molecule has 0 bridgehead atoms. The van der Waals surface area contributed by atoms with Crippen LogP contribution in [-0.2, 0) is 19.6 Å². The SMILES string of the molecule is O=C(CSc1ccc(S(=O)(=O)N2CCCC2)cn1)N1CCOCC1. The molecule has 0 aliphatic carbocycles. The maximum absolute atomic E-state index is 12.4. The van der Waals surface area contributed by atoms with Gasteiger partial charge in [-0.1, -0.05) is 11.8 Å². The molecule has 24 heavy (non-hydrogen) atoms. The van der Waals surface area contributed by atoms with Crippen molar-refractivity contribution >= 4 is 27.7 Å². The van der Waals surface area contributed by atoms with Crippen LogP contribution in [-0.4, -0.2) is 73.7 Å². The van der Waals surface area contributed by atoms with Crippen LogP contribution in [0, 0.1) is 0 Å². The molecule has 3 heterocycles. The molecule has 0 radical (unpaired) electrons. The number of morpholine rings is 1. The third-order valence-corrected chi connectivity index (χ3v) is 6.93. The van der Waals surface area contributed by atoms with E-state index in [1.807, 2.05) is 0 Å². The van der Waals surface area contributed by atoms with Gasteiger partial charge in [-0.2, -0.15) is 4.31 Å². The van der Waals surface area contributed by atoms with Crippen LogP contribution in [0.15, 0.2) is 28.3 Å². The minimum Gasteiger partial charge on any atom is -0.378 e. The molecule has 7 nitrogen and oxygen atoms in total. The summed E-state index contributed by atoms with van der Waals surface area (Å²) in [5.74, 6) is 0.351. The van der Waals surface area contributed by atoms with E-state index in [1.165, 1.54) is 22.3 Å². The fourth-order valence-electron chi connectivity index (χ4n) is 2.72. The Hall–Kier alpha value is -1.16. The largest absolute Gasteiger partial charge is 0.378 e. The second kappa shape index (κ2) is 7.81. The Morgan fingerprint density at radius 3 is 2.50 bits per heavy atom. The molecular weight excluding hydrogens is 350 g/mol. The minimum absolute atomic E-state index is 0.0545. The summed E-state index contributed by atoms with van der Waals surface area (Å²) in [6.07, 6.45) is 3.20. The van der Waals surface area contributed by atoms with E-state index in [1.54, 1.807) is 17.0 Å². The third-order valence-electron chi connectivity index (χ3n) is 4.12. The molecule has 0 N–H and O–H groups in total. The van der Waals surface area contributed by atoms with Crippen molar-refractivity contribution in [3.05, 3.63) is 18.3 Å². The first-order chi connectivity index (χ1) is 11.6. The zero-order valence-corrected chi connectivity index (χ0v) is 15.0. The number of rotatable bonds is 5. The number of hydrogen-bond donors (Lipinski definition) is 0. The Kier molecular flexibility index (Phi) is 5.75. The molecule has 2 fully saturated rings. The second-order valence-corrected chi connectivity index (χ2v) is 8.66. The van der Waals surface area contributed by atoms with Crippen molar-refractivity contribution in [2.75, 3.05) is 45.1 Å². The van der Waals surface area contributed by atoms with Gasteiger partial charge >= 0.3 is 0 Å². The van der Waals surface area contributed by atoms with Crippen molar-refractivity contribution in [1.82, 2.24) is 14.2 Å². The molecule has 1 aromatic rings. The molecule has 1 aromatic heterocycles. The van der Waals surface area contributed by atoms with E-state index in [-0.39, 0.29) is 10.8 Å². The first kappa shape index (κ1) is 17.7. The number of nitrogens with zero attached hydrogens (tertiary/aromatic N) is 3. The van der Waals surface area contributed by atoms with Gasteiger partial charge in [0.2, 0.25) is 15.9 Å². The fourth-order valence-corrected chi connectivity index (χ4v) is 4.93. The molecule has 2 aliphatic rings. The molecule has 0 spiro atoms. The van der Waals surface area contributed by atoms with Crippen molar-refractivity contribution in [3.8, 4) is 0 Å². The molecule has 0 aromatic carbocycles. The zero-order chi connectivity index (χ0) is 17.0. The molecule has 0 unspecified atom stereocenters. The van der Waals surface area contributed by atoms with Gasteiger partial charge in [0, 0.05) is 32.4 Å². The number of ether oxygens (including phenoxy) is 1. The highest BCUT2D eigenvalue weighted by atomic mass is 32.2. The standard InChI is InChI=1S/C15H21N3O4S2/c19-15(17-7-9-22-10-8-17)12-23-14-4-3-13(11-16-14)24(20,21)18-5-1-2-6-18/h3-4,11H,1-2,5-10,12H2. The molecule has 0 saturated carbocycles. The Morgan fingerprint density at radius 2 is 1.88 bits per heavy atom. The number of carbonyl (C=O) groups is 1. The number of aromatic nitrogens is 1. The van der Waals surface area contributed by atoms with E-state index in [2.05, 4.69) is 4.98 Å². The highest BCUT2D eigenvalue weighted by molar-refractivity contribution is 7.99. The highest BCUT2D eigenvalue weighted by Crippen LogP contribution is 2.22. The van der Waals surface area contributed by atoms with Crippen LogP contribution < -0.4 is 0 Å². The van der Waals surface area contributed by atoms with Crippen molar-refractivity contribution in [2.24, 2.45) is 0 Å². The van der Waals surface area contributed by atoms with Crippen molar-refractivity contribution < 1.29 is 17.9 Å². The number of carbonyl (C=O) groups excluding carboxylic acids is 1.